The van der Waals surface area contributed by atoms with Gasteiger partial charge in [0, 0.05) is 11.1 Å². The van der Waals surface area contributed by atoms with Gasteiger partial charge in [0.05, 0.1) is 12.3 Å². The molecule has 2 N–H and O–H groups in total. The summed E-state index contributed by atoms with van der Waals surface area (Å²) in [5.74, 6) is 1.05. The van der Waals surface area contributed by atoms with Crippen molar-refractivity contribution >= 4 is 5.82 Å². The quantitative estimate of drug-likeness (QED) is 0.732. The maximum Gasteiger partial charge on any atom is 0.142 e. The number of anilines is 1. The van der Waals surface area contributed by atoms with E-state index in [4.69, 9.17) is 10.5 Å². The number of nitriles is 1. The van der Waals surface area contributed by atoms with Crippen LogP contribution in [0.3, 0.4) is 0 Å². The van der Waals surface area contributed by atoms with Crippen molar-refractivity contribution in [1.29, 1.82) is 5.26 Å². The van der Waals surface area contributed by atoms with Crippen molar-refractivity contribution < 1.29 is 4.74 Å². The van der Waals surface area contributed by atoms with E-state index in [9.17, 15) is 5.26 Å². The zero-order valence-electron chi connectivity index (χ0n) is 15.2. The van der Waals surface area contributed by atoms with Gasteiger partial charge < -0.3 is 10.5 Å². The molecule has 0 unspecified atom stereocenters. The van der Waals surface area contributed by atoms with Crippen LogP contribution in [0.2, 0.25) is 0 Å². The van der Waals surface area contributed by atoms with Crippen LogP contribution in [-0.4, -0.2) is 11.6 Å². The van der Waals surface area contributed by atoms with E-state index in [1.807, 2.05) is 69.3 Å². The SMILES string of the molecule is CCOc1ccc(-c2c(C)c(-c3ccc(C)cc3)nc(N)c2C#N)cc1. The van der Waals surface area contributed by atoms with Crippen molar-refractivity contribution in [1.82, 2.24) is 4.98 Å². The molecule has 0 saturated carbocycles. The molecular formula is C22H21N3O. The van der Waals surface area contributed by atoms with E-state index >= 15 is 0 Å². The van der Waals surface area contributed by atoms with Crippen molar-refractivity contribution in [3.63, 3.8) is 0 Å². The van der Waals surface area contributed by atoms with Gasteiger partial charge in [-0.05, 0) is 44.0 Å². The molecule has 4 nitrogen and oxygen atoms in total. The Balaban J connectivity index is 2.20. The summed E-state index contributed by atoms with van der Waals surface area (Å²) in [6.07, 6.45) is 0. The van der Waals surface area contributed by atoms with E-state index in [2.05, 4.69) is 11.1 Å². The van der Waals surface area contributed by atoms with Gasteiger partial charge >= 0.3 is 0 Å². The van der Waals surface area contributed by atoms with E-state index in [1.54, 1.807) is 0 Å². The fourth-order valence-corrected chi connectivity index (χ4v) is 3.05. The summed E-state index contributed by atoms with van der Waals surface area (Å²) >= 11 is 0. The molecule has 1 aromatic heterocycles. The standard InChI is InChI=1S/C22H21N3O/c1-4-26-18-11-9-16(10-12-18)20-15(3)21(25-22(24)19(20)13-23)17-7-5-14(2)6-8-17/h5-12H,4H2,1-3H3,(H2,24,25). The van der Waals surface area contributed by atoms with Gasteiger partial charge in [0.2, 0.25) is 0 Å². The van der Waals surface area contributed by atoms with Crippen molar-refractivity contribution in [2.45, 2.75) is 20.8 Å². The molecule has 0 amide bonds. The van der Waals surface area contributed by atoms with Crippen molar-refractivity contribution in [3.8, 4) is 34.2 Å². The van der Waals surface area contributed by atoms with Crippen LogP contribution in [-0.2, 0) is 0 Å². The number of aromatic nitrogens is 1. The molecule has 0 aliphatic carbocycles. The van der Waals surface area contributed by atoms with E-state index in [1.165, 1.54) is 5.56 Å². The van der Waals surface area contributed by atoms with Crippen LogP contribution in [0.25, 0.3) is 22.4 Å². The number of ether oxygens (including phenoxy) is 1. The Hall–Kier alpha value is -3.32. The number of hydrogen-bond donors (Lipinski definition) is 1. The number of nitrogens with two attached hydrogens (primary N) is 1. The maximum absolute atomic E-state index is 9.63. The third-order valence-electron chi connectivity index (χ3n) is 4.36. The zero-order chi connectivity index (χ0) is 18.7. The Kier molecular flexibility index (Phi) is 4.90. The van der Waals surface area contributed by atoms with Crippen LogP contribution in [0.1, 0.15) is 23.6 Å². The number of hydrogen-bond acceptors (Lipinski definition) is 4. The highest BCUT2D eigenvalue weighted by Crippen LogP contribution is 2.36. The average Bonchev–Trinajstić information content (AvgIpc) is 2.65. The molecule has 130 valence electrons. The third-order valence-corrected chi connectivity index (χ3v) is 4.36. The van der Waals surface area contributed by atoms with Crippen LogP contribution >= 0.6 is 0 Å². The molecule has 3 aromatic rings. The number of nitrogen functional groups attached to an aromatic ring is 1. The average molecular weight is 343 g/mol. The molecule has 0 spiro atoms. The number of benzene rings is 2. The Morgan fingerprint density at radius 2 is 1.62 bits per heavy atom. The first kappa shape index (κ1) is 17.5. The number of nitrogens with zero attached hydrogens (tertiary/aromatic N) is 2. The Morgan fingerprint density at radius 3 is 2.19 bits per heavy atom. The lowest BCUT2D eigenvalue weighted by Gasteiger charge is -2.15. The van der Waals surface area contributed by atoms with Gasteiger partial charge in [0.25, 0.3) is 0 Å². The summed E-state index contributed by atoms with van der Waals surface area (Å²) < 4.78 is 5.51. The number of pyridine rings is 1. The van der Waals surface area contributed by atoms with Gasteiger partial charge in [-0.15, -0.1) is 0 Å². The highest BCUT2D eigenvalue weighted by molar-refractivity contribution is 5.84. The second kappa shape index (κ2) is 7.28. The predicted molar refractivity (Wildman–Crippen MR) is 105 cm³/mol. The lowest BCUT2D eigenvalue weighted by Crippen LogP contribution is -2.03. The van der Waals surface area contributed by atoms with Gasteiger partial charge in [-0.25, -0.2) is 4.98 Å². The molecule has 26 heavy (non-hydrogen) atoms. The number of aryl methyl sites for hydroxylation is 1. The van der Waals surface area contributed by atoms with Gasteiger partial charge in [0.15, 0.2) is 0 Å². The highest BCUT2D eigenvalue weighted by atomic mass is 16.5. The van der Waals surface area contributed by atoms with E-state index < -0.39 is 0 Å². The van der Waals surface area contributed by atoms with Crippen LogP contribution in [0.4, 0.5) is 5.82 Å². The largest absolute Gasteiger partial charge is 0.494 e. The summed E-state index contributed by atoms with van der Waals surface area (Å²) in [4.78, 5) is 4.51. The fourth-order valence-electron chi connectivity index (χ4n) is 3.05. The molecule has 0 aliphatic heterocycles. The lowest BCUT2D eigenvalue weighted by molar-refractivity contribution is 0.340. The summed E-state index contributed by atoms with van der Waals surface area (Å²) in [6.45, 7) is 6.58. The summed E-state index contributed by atoms with van der Waals surface area (Å²) in [5, 5.41) is 9.63. The first-order valence-corrected chi connectivity index (χ1v) is 8.55. The van der Waals surface area contributed by atoms with Crippen LogP contribution in [0, 0.1) is 25.2 Å². The summed E-state index contributed by atoms with van der Waals surface area (Å²) in [5.41, 5.74) is 12.2. The van der Waals surface area contributed by atoms with Gasteiger partial charge in [-0.1, -0.05) is 42.0 Å². The monoisotopic (exact) mass is 343 g/mol. The van der Waals surface area contributed by atoms with Crippen molar-refractivity contribution in [3.05, 3.63) is 65.2 Å². The molecule has 0 aliphatic rings. The molecule has 4 heteroatoms. The van der Waals surface area contributed by atoms with Crippen molar-refractivity contribution in [2.24, 2.45) is 0 Å². The van der Waals surface area contributed by atoms with E-state index in [-0.39, 0.29) is 5.82 Å². The van der Waals surface area contributed by atoms with Crippen LogP contribution < -0.4 is 10.5 Å². The zero-order valence-corrected chi connectivity index (χ0v) is 15.2. The smallest absolute Gasteiger partial charge is 0.142 e. The van der Waals surface area contributed by atoms with Crippen molar-refractivity contribution in [2.75, 3.05) is 12.3 Å². The highest BCUT2D eigenvalue weighted by Gasteiger charge is 2.18. The lowest BCUT2D eigenvalue weighted by atomic mass is 9.92. The van der Waals surface area contributed by atoms with Gasteiger partial charge in [0.1, 0.15) is 23.2 Å². The topological polar surface area (TPSA) is 71.9 Å². The summed E-state index contributed by atoms with van der Waals surface area (Å²) in [7, 11) is 0. The van der Waals surface area contributed by atoms with E-state index in [0.29, 0.717) is 12.2 Å². The maximum atomic E-state index is 9.63. The molecule has 0 fully saturated rings. The minimum Gasteiger partial charge on any atom is -0.494 e. The van der Waals surface area contributed by atoms with E-state index in [0.717, 1.165) is 33.7 Å². The fraction of sp³-hybridized carbons (Fsp3) is 0.182. The van der Waals surface area contributed by atoms with Crippen LogP contribution in [0.5, 0.6) is 5.75 Å². The van der Waals surface area contributed by atoms with Crippen LogP contribution in [0.15, 0.2) is 48.5 Å². The molecule has 0 radical (unpaired) electrons. The minimum atomic E-state index is 0.248. The molecule has 3 rings (SSSR count). The predicted octanol–water partition coefficient (Wildman–Crippen LogP) is 4.89. The molecule has 0 atom stereocenters. The first-order chi connectivity index (χ1) is 12.5. The second-order valence-electron chi connectivity index (χ2n) is 6.16. The molecular weight excluding hydrogens is 322 g/mol. The Morgan fingerprint density at radius 1 is 1.00 bits per heavy atom. The minimum absolute atomic E-state index is 0.248. The third kappa shape index (κ3) is 3.25. The molecule has 2 aromatic carbocycles. The summed E-state index contributed by atoms with van der Waals surface area (Å²) in [6, 6.07) is 18.1. The first-order valence-electron chi connectivity index (χ1n) is 8.55. The van der Waals surface area contributed by atoms with Gasteiger partial charge in [-0.3, -0.25) is 0 Å². The molecule has 0 bridgehead atoms. The number of rotatable bonds is 4. The Labute approximate surface area is 153 Å². The molecule has 1 heterocycles. The normalized spacial score (nSPS) is 10.4. The molecule has 0 saturated heterocycles. The second-order valence-corrected chi connectivity index (χ2v) is 6.16. The Bertz CT molecular complexity index is 968. The van der Waals surface area contributed by atoms with Gasteiger partial charge in [-0.2, -0.15) is 5.26 Å².